The summed E-state index contributed by atoms with van der Waals surface area (Å²) in [6, 6.07) is 10.7. The van der Waals surface area contributed by atoms with Gasteiger partial charge >= 0.3 is 0 Å². The highest BCUT2D eigenvalue weighted by atomic mass is 15.0. The number of fused-ring (bicyclic) bond motifs is 1. The number of aromatic nitrogens is 2. The van der Waals surface area contributed by atoms with Gasteiger partial charge in [-0.15, -0.1) is 0 Å². The number of pyridine rings is 1. The van der Waals surface area contributed by atoms with E-state index in [1.807, 2.05) is 6.20 Å². The number of hydrogen-bond acceptors (Lipinski definition) is 1. The van der Waals surface area contributed by atoms with Gasteiger partial charge in [0.25, 0.3) is 0 Å². The Morgan fingerprint density at radius 1 is 0.944 bits per heavy atom. The summed E-state index contributed by atoms with van der Waals surface area (Å²) in [4.78, 5) is 4.56. The van der Waals surface area contributed by atoms with Crippen LogP contribution in [0, 0.1) is 20.8 Å². The Morgan fingerprint density at radius 2 is 1.67 bits per heavy atom. The molecule has 90 valence electrons. The van der Waals surface area contributed by atoms with E-state index < -0.39 is 0 Å². The second kappa shape index (κ2) is 3.98. The Balaban J connectivity index is 2.26. The van der Waals surface area contributed by atoms with Crippen LogP contribution in [0.1, 0.15) is 16.7 Å². The topological polar surface area (TPSA) is 17.8 Å². The third-order valence-corrected chi connectivity index (χ3v) is 3.29. The van der Waals surface area contributed by atoms with Gasteiger partial charge in [0, 0.05) is 23.5 Å². The van der Waals surface area contributed by atoms with Crippen LogP contribution in [0.15, 0.2) is 42.7 Å². The normalized spacial score (nSPS) is 11.1. The lowest BCUT2D eigenvalue weighted by molar-refractivity contribution is 1.08. The molecule has 3 rings (SSSR count). The summed E-state index contributed by atoms with van der Waals surface area (Å²) in [6.45, 7) is 6.31. The van der Waals surface area contributed by atoms with Crippen LogP contribution < -0.4 is 0 Å². The molecular formula is C16H16N2. The molecule has 0 radical (unpaired) electrons. The molecule has 0 saturated heterocycles. The van der Waals surface area contributed by atoms with Crippen LogP contribution in [-0.4, -0.2) is 9.55 Å². The summed E-state index contributed by atoms with van der Waals surface area (Å²) in [5.41, 5.74) is 5.93. The lowest BCUT2D eigenvalue weighted by atomic mass is 10.2. The summed E-state index contributed by atoms with van der Waals surface area (Å²) in [5, 5.41) is 1.23. The van der Waals surface area contributed by atoms with Gasteiger partial charge in [0.05, 0.1) is 0 Å². The summed E-state index contributed by atoms with van der Waals surface area (Å²) in [5.74, 6) is 0. The predicted octanol–water partition coefficient (Wildman–Crippen LogP) is 3.95. The van der Waals surface area contributed by atoms with E-state index in [1.165, 1.54) is 22.1 Å². The molecule has 2 heterocycles. The van der Waals surface area contributed by atoms with Crippen LogP contribution in [0.3, 0.4) is 0 Å². The van der Waals surface area contributed by atoms with Crippen molar-refractivity contribution in [3.05, 3.63) is 59.4 Å². The number of aryl methyl sites for hydroxylation is 3. The molecule has 3 aromatic rings. The molecule has 1 aromatic carbocycles. The minimum Gasteiger partial charge on any atom is -0.301 e. The van der Waals surface area contributed by atoms with Gasteiger partial charge in [0.1, 0.15) is 5.65 Å². The van der Waals surface area contributed by atoms with Crippen LogP contribution in [0.4, 0.5) is 0 Å². The molecule has 0 aliphatic heterocycles. The SMILES string of the molecule is Cc1ccc(-n2cc(C)c3cc(C)cnc32)cc1. The van der Waals surface area contributed by atoms with E-state index in [9.17, 15) is 0 Å². The molecule has 0 aliphatic rings. The zero-order valence-corrected chi connectivity index (χ0v) is 10.9. The van der Waals surface area contributed by atoms with E-state index in [-0.39, 0.29) is 0 Å². The zero-order valence-electron chi connectivity index (χ0n) is 10.9. The molecule has 0 atom stereocenters. The molecule has 0 amide bonds. The van der Waals surface area contributed by atoms with Gasteiger partial charge in [0.15, 0.2) is 0 Å². The van der Waals surface area contributed by atoms with E-state index in [0.717, 1.165) is 11.3 Å². The van der Waals surface area contributed by atoms with Crippen molar-refractivity contribution in [1.29, 1.82) is 0 Å². The maximum atomic E-state index is 4.56. The fourth-order valence-electron chi connectivity index (χ4n) is 2.27. The predicted molar refractivity (Wildman–Crippen MR) is 75.3 cm³/mol. The zero-order chi connectivity index (χ0) is 12.7. The fourth-order valence-corrected chi connectivity index (χ4v) is 2.27. The summed E-state index contributed by atoms with van der Waals surface area (Å²) in [6.07, 6.45) is 4.08. The van der Waals surface area contributed by atoms with Crippen LogP contribution in [-0.2, 0) is 0 Å². The number of rotatable bonds is 1. The Morgan fingerprint density at radius 3 is 2.39 bits per heavy atom. The first-order valence-electron chi connectivity index (χ1n) is 6.16. The molecule has 0 aliphatic carbocycles. The highest BCUT2D eigenvalue weighted by Crippen LogP contribution is 2.23. The average molecular weight is 236 g/mol. The molecule has 0 unspecified atom stereocenters. The third-order valence-electron chi connectivity index (χ3n) is 3.29. The largest absolute Gasteiger partial charge is 0.301 e. The average Bonchev–Trinajstić information content (AvgIpc) is 2.68. The van der Waals surface area contributed by atoms with Gasteiger partial charge in [-0.2, -0.15) is 0 Å². The third kappa shape index (κ3) is 1.70. The van der Waals surface area contributed by atoms with E-state index >= 15 is 0 Å². The fraction of sp³-hybridized carbons (Fsp3) is 0.188. The Labute approximate surface area is 107 Å². The minimum absolute atomic E-state index is 1.03. The second-order valence-corrected chi connectivity index (χ2v) is 4.90. The van der Waals surface area contributed by atoms with Crippen molar-refractivity contribution in [2.75, 3.05) is 0 Å². The van der Waals surface area contributed by atoms with E-state index in [2.05, 4.69) is 66.9 Å². The van der Waals surface area contributed by atoms with Gasteiger partial charge in [0.2, 0.25) is 0 Å². The molecule has 2 nitrogen and oxygen atoms in total. The summed E-state index contributed by atoms with van der Waals surface area (Å²) >= 11 is 0. The number of benzene rings is 1. The number of hydrogen-bond donors (Lipinski definition) is 0. The molecular weight excluding hydrogens is 220 g/mol. The molecule has 2 heteroatoms. The lowest BCUT2D eigenvalue weighted by Crippen LogP contribution is -1.93. The smallest absolute Gasteiger partial charge is 0.144 e. The summed E-state index contributed by atoms with van der Waals surface area (Å²) in [7, 11) is 0. The molecule has 18 heavy (non-hydrogen) atoms. The van der Waals surface area contributed by atoms with Crippen molar-refractivity contribution in [2.45, 2.75) is 20.8 Å². The maximum Gasteiger partial charge on any atom is 0.144 e. The first-order chi connectivity index (χ1) is 8.65. The van der Waals surface area contributed by atoms with Gasteiger partial charge in [-0.25, -0.2) is 4.98 Å². The van der Waals surface area contributed by atoms with Gasteiger partial charge in [-0.05, 0) is 50.1 Å². The lowest BCUT2D eigenvalue weighted by Gasteiger charge is -2.05. The van der Waals surface area contributed by atoms with E-state index in [0.29, 0.717) is 0 Å². The second-order valence-electron chi connectivity index (χ2n) is 4.90. The highest BCUT2D eigenvalue weighted by molar-refractivity contribution is 5.82. The summed E-state index contributed by atoms with van der Waals surface area (Å²) < 4.78 is 2.16. The van der Waals surface area contributed by atoms with Crippen molar-refractivity contribution in [1.82, 2.24) is 9.55 Å². The molecule has 0 spiro atoms. The van der Waals surface area contributed by atoms with Gasteiger partial charge < -0.3 is 4.57 Å². The molecule has 0 saturated carbocycles. The highest BCUT2D eigenvalue weighted by Gasteiger charge is 2.08. The maximum absolute atomic E-state index is 4.56. The van der Waals surface area contributed by atoms with Crippen molar-refractivity contribution in [2.24, 2.45) is 0 Å². The molecule has 0 bridgehead atoms. The number of nitrogens with zero attached hydrogens (tertiary/aromatic N) is 2. The van der Waals surface area contributed by atoms with Crippen LogP contribution in [0.25, 0.3) is 16.7 Å². The van der Waals surface area contributed by atoms with Crippen molar-refractivity contribution >= 4 is 11.0 Å². The Hall–Kier alpha value is -2.09. The first-order valence-corrected chi connectivity index (χ1v) is 6.16. The van der Waals surface area contributed by atoms with Crippen LogP contribution in [0.2, 0.25) is 0 Å². The van der Waals surface area contributed by atoms with Gasteiger partial charge in [-0.1, -0.05) is 17.7 Å². The van der Waals surface area contributed by atoms with Crippen molar-refractivity contribution < 1.29 is 0 Å². The monoisotopic (exact) mass is 236 g/mol. The van der Waals surface area contributed by atoms with Crippen molar-refractivity contribution in [3.63, 3.8) is 0 Å². The molecule has 2 aromatic heterocycles. The van der Waals surface area contributed by atoms with Crippen LogP contribution >= 0.6 is 0 Å². The van der Waals surface area contributed by atoms with E-state index in [1.54, 1.807) is 0 Å². The Kier molecular flexibility index (Phi) is 2.44. The minimum atomic E-state index is 1.03. The van der Waals surface area contributed by atoms with Crippen molar-refractivity contribution in [3.8, 4) is 5.69 Å². The molecule has 0 N–H and O–H groups in total. The first kappa shape index (κ1) is 11.0. The van der Waals surface area contributed by atoms with Crippen LogP contribution in [0.5, 0.6) is 0 Å². The quantitative estimate of drug-likeness (QED) is 0.625. The van der Waals surface area contributed by atoms with E-state index in [4.69, 9.17) is 0 Å². The Bertz CT molecular complexity index is 706. The standard InChI is InChI=1S/C16H16N2/c1-11-4-6-14(7-5-11)18-10-13(3)15-8-12(2)9-17-16(15)18/h4-10H,1-3H3. The van der Waals surface area contributed by atoms with Gasteiger partial charge in [-0.3, -0.25) is 0 Å². The molecule has 0 fully saturated rings.